The zero-order valence-corrected chi connectivity index (χ0v) is 9.71. The Labute approximate surface area is 83.5 Å². The molecule has 0 bridgehead atoms. The fourth-order valence-corrected chi connectivity index (χ4v) is 2.38. The lowest BCUT2D eigenvalue weighted by Crippen LogP contribution is -2.17. The zero-order valence-electron chi connectivity index (χ0n) is 9.71. The highest BCUT2D eigenvalue weighted by Crippen LogP contribution is 2.27. The van der Waals surface area contributed by atoms with Crippen molar-refractivity contribution in [2.75, 3.05) is 20.1 Å². The zero-order chi connectivity index (χ0) is 9.84. The van der Waals surface area contributed by atoms with Gasteiger partial charge in [0.25, 0.3) is 0 Å². The van der Waals surface area contributed by atoms with Crippen LogP contribution in [0, 0.1) is 17.8 Å². The number of likely N-dealkylation sites (tertiary alicyclic amines) is 1. The molecule has 13 heavy (non-hydrogen) atoms. The van der Waals surface area contributed by atoms with Crippen molar-refractivity contribution in [2.24, 2.45) is 17.8 Å². The summed E-state index contributed by atoms with van der Waals surface area (Å²) in [6.45, 7) is 9.77. The Hall–Kier alpha value is -0.0400. The summed E-state index contributed by atoms with van der Waals surface area (Å²) >= 11 is 0. The number of rotatable bonds is 4. The number of hydrogen-bond donors (Lipinski definition) is 0. The first-order chi connectivity index (χ1) is 6.13. The Balaban J connectivity index is 2.24. The molecular weight excluding hydrogens is 158 g/mol. The van der Waals surface area contributed by atoms with E-state index < -0.39 is 0 Å². The molecule has 0 aromatic carbocycles. The smallest absolute Gasteiger partial charge is 0.000719 e. The summed E-state index contributed by atoms with van der Waals surface area (Å²) in [5.41, 5.74) is 0. The minimum absolute atomic E-state index is 0.908. The maximum atomic E-state index is 2.47. The third-order valence-corrected chi connectivity index (χ3v) is 3.81. The van der Waals surface area contributed by atoms with E-state index >= 15 is 0 Å². The lowest BCUT2D eigenvalue weighted by Gasteiger charge is -2.21. The van der Waals surface area contributed by atoms with Crippen LogP contribution in [0.3, 0.4) is 0 Å². The van der Waals surface area contributed by atoms with E-state index in [2.05, 4.69) is 32.7 Å². The summed E-state index contributed by atoms with van der Waals surface area (Å²) < 4.78 is 0. The fraction of sp³-hybridized carbons (Fsp3) is 1.00. The third kappa shape index (κ3) is 3.30. The molecule has 1 aliphatic heterocycles. The van der Waals surface area contributed by atoms with Crippen LogP contribution >= 0.6 is 0 Å². The van der Waals surface area contributed by atoms with Crippen molar-refractivity contribution in [3.8, 4) is 0 Å². The molecule has 0 saturated carbocycles. The summed E-state index contributed by atoms with van der Waals surface area (Å²) in [5.74, 6) is 2.81. The van der Waals surface area contributed by atoms with Gasteiger partial charge in [0.1, 0.15) is 0 Å². The van der Waals surface area contributed by atoms with Crippen LogP contribution in [-0.4, -0.2) is 25.0 Å². The van der Waals surface area contributed by atoms with Crippen LogP contribution in [0.5, 0.6) is 0 Å². The van der Waals surface area contributed by atoms with Gasteiger partial charge in [0, 0.05) is 6.54 Å². The van der Waals surface area contributed by atoms with Crippen molar-refractivity contribution in [3.05, 3.63) is 0 Å². The van der Waals surface area contributed by atoms with Gasteiger partial charge in [-0.3, -0.25) is 0 Å². The molecule has 1 nitrogen and oxygen atoms in total. The standard InChI is InChI=1S/C12H25N/c1-5-10(2)11(3)8-12-6-7-13(4)9-12/h10-12H,5-9H2,1-4H3/t10?,11?,12-/m0/s1. The Morgan fingerprint density at radius 2 is 2.00 bits per heavy atom. The van der Waals surface area contributed by atoms with Crippen LogP contribution in [0.4, 0.5) is 0 Å². The van der Waals surface area contributed by atoms with Crippen molar-refractivity contribution in [2.45, 2.75) is 40.0 Å². The molecule has 1 aliphatic rings. The summed E-state index contributed by atoms with van der Waals surface area (Å²) in [5, 5.41) is 0. The Morgan fingerprint density at radius 1 is 1.31 bits per heavy atom. The molecule has 0 aliphatic carbocycles. The first-order valence-corrected chi connectivity index (χ1v) is 5.82. The highest BCUT2D eigenvalue weighted by atomic mass is 15.1. The van der Waals surface area contributed by atoms with Gasteiger partial charge in [-0.2, -0.15) is 0 Å². The van der Waals surface area contributed by atoms with Crippen molar-refractivity contribution >= 4 is 0 Å². The second-order valence-electron chi connectivity index (χ2n) is 5.02. The lowest BCUT2D eigenvalue weighted by molar-refractivity contribution is 0.292. The van der Waals surface area contributed by atoms with Crippen molar-refractivity contribution in [1.29, 1.82) is 0 Å². The quantitative estimate of drug-likeness (QED) is 0.647. The van der Waals surface area contributed by atoms with Gasteiger partial charge in [-0.1, -0.05) is 27.2 Å². The minimum atomic E-state index is 0.908. The second kappa shape index (κ2) is 4.99. The molecular formula is C12H25N. The molecule has 78 valence electrons. The molecule has 1 heteroatoms. The van der Waals surface area contributed by atoms with Gasteiger partial charge in [-0.15, -0.1) is 0 Å². The third-order valence-electron chi connectivity index (χ3n) is 3.81. The molecule has 0 N–H and O–H groups in total. The van der Waals surface area contributed by atoms with Crippen molar-refractivity contribution in [1.82, 2.24) is 4.90 Å². The molecule has 1 saturated heterocycles. The van der Waals surface area contributed by atoms with Gasteiger partial charge in [0.05, 0.1) is 0 Å². The topological polar surface area (TPSA) is 3.24 Å². The summed E-state index contributed by atoms with van der Waals surface area (Å²) in [4.78, 5) is 2.47. The average Bonchev–Trinajstić information content (AvgIpc) is 2.49. The second-order valence-corrected chi connectivity index (χ2v) is 5.02. The Kier molecular flexibility index (Phi) is 4.24. The van der Waals surface area contributed by atoms with E-state index in [9.17, 15) is 0 Å². The largest absolute Gasteiger partial charge is 0.306 e. The van der Waals surface area contributed by atoms with Gasteiger partial charge in [0.15, 0.2) is 0 Å². The number of hydrogen-bond acceptors (Lipinski definition) is 1. The highest BCUT2D eigenvalue weighted by Gasteiger charge is 2.22. The average molecular weight is 183 g/mol. The summed E-state index contributed by atoms with van der Waals surface area (Å²) in [6, 6.07) is 0. The maximum absolute atomic E-state index is 2.47. The normalized spacial score (nSPS) is 29.1. The molecule has 1 rings (SSSR count). The highest BCUT2D eigenvalue weighted by molar-refractivity contribution is 4.75. The monoisotopic (exact) mass is 183 g/mol. The van der Waals surface area contributed by atoms with E-state index in [1.54, 1.807) is 0 Å². The molecule has 1 heterocycles. The van der Waals surface area contributed by atoms with E-state index in [0.29, 0.717) is 0 Å². The summed E-state index contributed by atoms with van der Waals surface area (Å²) in [7, 11) is 2.24. The SMILES string of the molecule is CCC(C)C(C)C[C@@H]1CCN(C)C1. The molecule has 3 atom stereocenters. The first kappa shape index (κ1) is 11.0. The Morgan fingerprint density at radius 3 is 2.46 bits per heavy atom. The molecule has 0 radical (unpaired) electrons. The van der Waals surface area contributed by atoms with Crippen molar-refractivity contribution < 1.29 is 0 Å². The lowest BCUT2D eigenvalue weighted by atomic mass is 9.85. The van der Waals surface area contributed by atoms with Crippen LogP contribution in [0.1, 0.15) is 40.0 Å². The predicted octanol–water partition coefficient (Wildman–Crippen LogP) is 3.01. The van der Waals surface area contributed by atoms with Gasteiger partial charge < -0.3 is 4.90 Å². The molecule has 0 amide bonds. The van der Waals surface area contributed by atoms with Gasteiger partial charge in [-0.25, -0.2) is 0 Å². The Bertz CT molecular complexity index is 144. The number of nitrogens with zero attached hydrogens (tertiary/aromatic N) is 1. The molecule has 0 aromatic rings. The molecule has 0 aromatic heterocycles. The van der Waals surface area contributed by atoms with Crippen LogP contribution in [-0.2, 0) is 0 Å². The fourth-order valence-electron chi connectivity index (χ4n) is 2.38. The van der Waals surface area contributed by atoms with Gasteiger partial charge >= 0.3 is 0 Å². The van der Waals surface area contributed by atoms with Crippen molar-refractivity contribution in [3.63, 3.8) is 0 Å². The van der Waals surface area contributed by atoms with Crippen LogP contribution in [0.15, 0.2) is 0 Å². The van der Waals surface area contributed by atoms with Gasteiger partial charge in [0.2, 0.25) is 0 Å². The van der Waals surface area contributed by atoms with E-state index in [1.807, 2.05) is 0 Å². The van der Waals surface area contributed by atoms with E-state index in [1.165, 1.54) is 32.4 Å². The van der Waals surface area contributed by atoms with E-state index in [-0.39, 0.29) is 0 Å². The van der Waals surface area contributed by atoms with Crippen LogP contribution in [0.2, 0.25) is 0 Å². The first-order valence-electron chi connectivity index (χ1n) is 5.82. The molecule has 2 unspecified atom stereocenters. The van der Waals surface area contributed by atoms with Crippen LogP contribution in [0.25, 0.3) is 0 Å². The van der Waals surface area contributed by atoms with Gasteiger partial charge in [-0.05, 0) is 44.2 Å². The summed E-state index contributed by atoms with van der Waals surface area (Å²) in [6.07, 6.45) is 4.21. The molecule has 0 spiro atoms. The predicted molar refractivity (Wildman–Crippen MR) is 58.8 cm³/mol. The molecule has 1 fully saturated rings. The van der Waals surface area contributed by atoms with Crippen LogP contribution < -0.4 is 0 Å². The minimum Gasteiger partial charge on any atom is -0.306 e. The maximum Gasteiger partial charge on any atom is 0.000719 e. The van der Waals surface area contributed by atoms with E-state index in [4.69, 9.17) is 0 Å². The van der Waals surface area contributed by atoms with E-state index in [0.717, 1.165) is 17.8 Å².